The minimum absolute atomic E-state index is 0.0398. The highest BCUT2D eigenvalue weighted by Crippen LogP contribution is 2.48. The number of anilines is 2. The lowest BCUT2D eigenvalue weighted by molar-refractivity contribution is 0.332. The Balaban J connectivity index is 1.58. The van der Waals surface area contributed by atoms with Crippen molar-refractivity contribution in [1.29, 1.82) is 0 Å². The summed E-state index contributed by atoms with van der Waals surface area (Å²) in [6.45, 7) is 16.2. The van der Waals surface area contributed by atoms with Crippen LogP contribution >= 0.6 is 0 Å². The van der Waals surface area contributed by atoms with Gasteiger partial charge in [-0.25, -0.2) is 4.39 Å². The van der Waals surface area contributed by atoms with E-state index in [2.05, 4.69) is 125 Å². The van der Waals surface area contributed by atoms with E-state index in [0.29, 0.717) is 0 Å². The lowest BCUT2D eigenvalue weighted by Gasteiger charge is -2.42. The molecule has 0 unspecified atom stereocenters. The van der Waals surface area contributed by atoms with Gasteiger partial charge in [-0.2, -0.15) is 0 Å². The lowest BCUT2D eigenvalue weighted by Crippen LogP contribution is -2.33. The number of hydrogen-bond donors (Lipinski definition) is 1. The van der Waals surface area contributed by atoms with Crippen LogP contribution in [0.15, 0.2) is 91.1 Å². The summed E-state index contributed by atoms with van der Waals surface area (Å²) in [6, 6.07) is 29.0. The van der Waals surface area contributed by atoms with Crippen molar-refractivity contribution in [3.63, 3.8) is 0 Å². The van der Waals surface area contributed by atoms with Crippen molar-refractivity contribution in [2.75, 3.05) is 5.32 Å². The highest BCUT2D eigenvalue weighted by Gasteiger charge is 2.37. The number of fused-ring (bicyclic) bond motifs is 2. The van der Waals surface area contributed by atoms with E-state index in [9.17, 15) is 4.39 Å². The van der Waals surface area contributed by atoms with E-state index in [1.165, 1.54) is 33.2 Å². The maximum Gasteiger partial charge on any atom is 0.123 e. The zero-order valence-electron chi connectivity index (χ0n) is 25.4. The second-order valence-corrected chi connectivity index (χ2v) is 14.1. The fourth-order valence-electron chi connectivity index (χ4n) is 6.32. The molecule has 6 rings (SSSR count). The summed E-state index contributed by atoms with van der Waals surface area (Å²) in [6.07, 6.45) is 4.49. The molecule has 1 aliphatic carbocycles. The highest BCUT2D eigenvalue weighted by atomic mass is 19.1. The molecule has 0 atom stereocenters. The first-order valence-electron chi connectivity index (χ1n) is 14.8. The zero-order chi connectivity index (χ0) is 29.2. The Morgan fingerprint density at radius 1 is 0.732 bits per heavy atom. The van der Waals surface area contributed by atoms with Gasteiger partial charge in [0.25, 0.3) is 0 Å². The molecule has 210 valence electrons. The molecule has 0 amide bonds. The van der Waals surface area contributed by atoms with E-state index in [1.807, 2.05) is 12.1 Å². The van der Waals surface area contributed by atoms with E-state index in [0.717, 1.165) is 35.4 Å². The minimum Gasteiger partial charge on any atom is -0.353 e. The molecular formula is C38H41FN2. The van der Waals surface area contributed by atoms with E-state index in [-0.39, 0.29) is 22.1 Å². The Labute approximate surface area is 244 Å². The van der Waals surface area contributed by atoms with Gasteiger partial charge in [-0.05, 0) is 99.9 Å². The molecule has 3 heteroatoms. The van der Waals surface area contributed by atoms with Gasteiger partial charge in [-0.1, -0.05) is 84.9 Å². The highest BCUT2D eigenvalue weighted by molar-refractivity contribution is 5.98. The van der Waals surface area contributed by atoms with Gasteiger partial charge < -0.3 is 9.88 Å². The van der Waals surface area contributed by atoms with Crippen LogP contribution in [-0.4, -0.2) is 4.57 Å². The summed E-state index contributed by atoms with van der Waals surface area (Å²) in [5.74, 6) is -0.227. The van der Waals surface area contributed by atoms with Crippen molar-refractivity contribution in [1.82, 2.24) is 4.57 Å². The normalized spacial score (nSPS) is 16.0. The molecule has 0 fully saturated rings. The molecule has 0 saturated heterocycles. The maximum atomic E-state index is 13.9. The Hall–Kier alpha value is -3.85. The molecule has 1 aliphatic rings. The number of rotatable bonds is 4. The molecular weight excluding hydrogens is 503 g/mol. The summed E-state index contributed by atoms with van der Waals surface area (Å²) in [5.41, 5.74) is 10.9. The summed E-state index contributed by atoms with van der Waals surface area (Å²) < 4.78 is 16.1. The Kier molecular flexibility index (Phi) is 6.41. The van der Waals surface area contributed by atoms with Crippen molar-refractivity contribution in [3.8, 4) is 16.8 Å². The van der Waals surface area contributed by atoms with Crippen LogP contribution < -0.4 is 5.32 Å². The summed E-state index contributed by atoms with van der Waals surface area (Å²) in [5, 5.41) is 5.03. The number of nitrogens with zero attached hydrogens (tertiary/aromatic N) is 1. The molecule has 0 radical (unpaired) electrons. The lowest BCUT2D eigenvalue weighted by atomic mass is 9.63. The average molecular weight is 545 g/mol. The quantitative estimate of drug-likeness (QED) is 0.238. The van der Waals surface area contributed by atoms with Crippen LogP contribution in [-0.2, 0) is 16.2 Å². The first kappa shape index (κ1) is 27.3. The molecule has 0 spiro atoms. The van der Waals surface area contributed by atoms with Gasteiger partial charge >= 0.3 is 0 Å². The van der Waals surface area contributed by atoms with Gasteiger partial charge in [0.15, 0.2) is 0 Å². The third-order valence-electron chi connectivity index (χ3n) is 9.12. The molecule has 1 N–H and O–H groups in total. The predicted octanol–water partition coefficient (Wildman–Crippen LogP) is 10.8. The van der Waals surface area contributed by atoms with Crippen molar-refractivity contribution in [2.24, 2.45) is 0 Å². The van der Waals surface area contributed by atoms with Crippen LogP contribution in [0, 0.1) is 5.82 Å². The Bertz CT molecular complexity index is 1730. The molecule has 1 aromatic heterocycles. The second-order valence-electron chi connectivity index (χ2n) is 14.1. The molecule has 2 nitrogen and oxygen atoms in total. The van der Waals surface area contributed by atoms with E-state index in [4.69, 9.17) is 0 Å². The van der Waals surface area contributed by atoms with Crippen LogP contribution in [0.3, 0.4) is 0 Å². The fraction of sp³-hybridized carbons (Fsp3) is 0.316. The second kappa shape index (κ2) is 9.62. The van der Waals surface area contributed by atoms with E-state index >= 15 is 0 Å². The molecule has 1 heterocycles. The first-order chi connectivity index (χ1) is 19.3. The van der Waals surface area contributed by atoms with Crippen LogP contribution in [0.2, 0.25) is 0 Å². The minimum atomic E-state index is -0.227. The number of halogens is 1. The number of benzene rings is 4. The van der Waals surface area contributed by atoms with Gasteiger partial charge in [0.2, 0.25) is 0 Å². The van der Waals surface area contributed by atoms with Gasteiger partial charge in [0.1, 0.15) is 5.82 Å². The molecule has 0 saturated carbocycles. The predicted molar refractivity (Wildman–Crippen MR) is 172 cm³/mol. The molecule has 5 aromatic rings. The zero-order valence-corrected chi connectivity index (χ0v) is 25.4. The van der Waals surface area contributed by atoms with E-state index < -0.39 is 0 Å². The summed E-state index contributed by atoms with van der Waals surface area (Å²) >= 11 is 0. The largest absolute Gasteiger partial charge is 0.353 e. The van der Waals surface area contributed by atoms with Crippen LogP contribution in [0.1, 0.15) is 78.0 Å². The maximum absolute atomic E-state index is 13.9. The third kappa shape index (κ3) is 4.96. The van der Waals surface area contributed by atoms with Crippen molar-refractivity contribution < 1.29 is 4.39 Å². The number of nitrogens with one attached hydrogen (secondary N) is 1. The summed E-state index contributed by atoms with van der Waals surface area (Å²) in [7, 11) is 0. The SMILES string of the molecule is CC(C)(C)c1ccc(Nc2cn(-c3ccc(F)cc3)c3cc4c(cc23)C(C)(C)CCC4(C)C)c(-c2ccccc2)c1. The first-order valence-corrected chi connectivity index (χ1v) is 14.8. The number of hydrogen-bond acceptors (Lipinski definition) is 1. The monoisotopic (exact) mass is 544 g/mol. The van der Waals surface area contributed by atoms with Crippen LogP contribution in [0.5, 0.6) is 0 Å². The van der Waals surface area contributed by atoms with Crippen LogP contribution in [0.4, 0.5) is 15.8 Å². The van der Waals surface area contributed by atoms with Crippen molar-refractivity contribution in [3.05, 3.63) is 114 Å². The third-order valence-corrected chi connectivity index (χ3v) is 9.12. The van der Waals surface area contributed by atoms with Gasteiger partial charge in [0, 0.05) is 28.5 Å². The Morgan fingerprint density at radius 3 is 2.00 bits per heavy atom. The standard InChI is InChI=1S/C38H41FN2/c1-36(2,3)26-13-18-33(29(21-26)25-11-9-8-10-12-25)40-34-24-41(28-16-14-27(39)15-17-28)35-23-32-31(22-30(34)35)37(4,5)19-20-38(32,6)7/h8-18,21-24,40H,19-20H2,1-7H3. The van der Waals surface area contributed by atoms with E-state index in [1.54, 1.807) is 12.1 Å². The van der Waals surface area contributed by atoms with Crippen LogP contribution in [0.25, 0.3) is 27.7 Å². The molecule has 0 bridgehead atoms. The van der Waals surface area contributed by atoms with Crippen molar-refractivity contribution in [2.45, 2.75) is 77.6 Å². The Morgan fingerprint density at radius 2 is 1.37 bits per heavy atom. The fourth-order valence-corrected chi connectivity index (χ4v) is 6.32. The smallest absolute Gasteiger partial charge is 0.123 e. The molecule has 4 aromatic carbocycles. The average Bonchev–Trinajstić information content (AvgIpc) is 3.28. The van der Waals surface area contributed by atoms with Gasteiger partial charge in [-0.15, -0.1) is 0 Å². The van der Waals surface area contributed by atoms with Gasteiger partial charge in [0.05, 0.1) is 11.2 Å². The van der Waals surface area contributed by atoms with Crippen molar-refractivity contribution >= 4 is 22.3 Å². The molecule has 0 aliphatic heterocycles. The summed E-state index contributed by atoms with van der Waals surface area (Å²) in [4.78, 5) is 0. The molecule has 41 heavy (non-hydrogen) atoms. The topological polar surface area (TPSA) is 17.0 Å². The number of aromatic nitrogens is 1. The van der Waals surface area contributed by atoms with Gasteiger partial charge in [-0.3, -0.25) is 0 Å².